The number of carboxylic acids is 1. The second kappa shape index (κ2) is 3.76. The van der Waals surface area contributed by atoms with Gasteiger partial charge in [0.05, 0.1) is 23.7 Å². The van der Waals surface area contributed by atoms with Gasteiger partial charge in [0.25, 0.3) is 0 Å². The van der Waals surface area contributed by atoms with Gasteiger partial charge in [0, 0.05) is 19.4 Å². The topological polar surface area (TPSA) is 55.8 Å². The molecular formula is C11H18O4. The predicted octanol–water partition coefficient (Wildman–Crippen LogP) is 1.43. The number of hydrogen-bond acceptors (Lipinski definition) is 3. The Kier molecular flexibility index (Phi) is 2.73. The maximum atomic E-state index is 11.2. The lowest BCUT2D eigenvalue weighted by molar-refractivity contribution is -0.170. The van der Waals surface area contributed by atoms with E-state index in [2.05, 4.69) is 0 Å². The molecule has 1 N–H and O–H groups in total. The summed E-state index contributed by atoms with van der Waals surface area (Å²) in [4.78, 5) is 11.2. The Labute approximate surface area is 89.6 Å². The Hall–Kier alpha value is -0.610. The van der Waals surface area contributed by atoms with Crippen molar-refractivity contribution in [2.24, 2.45) is 5.92 Å². The molecule has 2 saturated heterocycles. The molecule has 4 atom stereocenters. The Morgan fingerprint density at radius 1 is 1.33 bits per heavy atom. The summed E-state index contributed by atoms with van der Waals surface area (Å²) in [5.41, 5.74) is -0.469. The van der Waals surface area contributed by atoms with Gasteiger partial charge >= 0.3 is 5.97 Å². The van der Waals surface area contributed by atoms with E-state index in [0.29, 0.717) is 25.9 Å². The van der Waals surface area contributed by atoms with E-state index in [-0.39, 0.29) is 18.1 Å². The van der Waals surface area contributed by atoms with E-state index in [4.69, 9.17) is 9.47 Å². The normalized spacial score (nSPS) is 45.9. The first kappa shape index (κ1) is 10.9. The van der Waals surface area contributed by atoms with Crippen LogP contribution in [0.5, 0.6) is 0 Å². The molecule has 4 nitrogen and oxygen atoms in total. The van der Waals surface area contributed by atoms with Gasteiger partial charge in [-0.15, -0.1) is 0 Å². The van der Waals surface area contributed by atoms with Crippen LogP contribution in [0.2, 0.25) is 0 Å². The minimum absolute atomic E-state index is 0.0914. The molecule has 2 aliphatic heterocycles. The fourth-order valence-corrected chi connectivity index (χ4v) is 3.04. The molecule has 0 amide bonds. The largest absolute Gasteiger partial charge is 0.481 e. The van der Waals surface area contributed by atoms with Crippen molar-refractivity contribution in [2.45, 2.75) is 50.9 Å². The third-order valence-electron chi connectivity index (χ3n) is 3.46. The van der Waals surface area contributed by atoms with Gasteiger partial charge in [-0.2, -0.15) is 0 Å². The van der Waals surface area contributed by atoms with Crippen LogP contribution in [0, 0.1) is 5.92 Å². The molecule has 0 aromatic heterocycles. The minimum Gasteiger partial charge on any atom is -0.481 e. The van der Waals surface area contributed by atoms with E-state index in [1.165, 1.54) is 0 Å². The first-order valence-electron chi connectivity index (χ1n) is 5.56. The van der Waals surface area contributed by atoms with Gasteiger partial charge < -0.3 is 14.6 Å². The molecule has 2 aliphatic rings. The summed E-state index contributed by atoms with van der Waals surface area (Å²) in [6.45, 7) is 4.53. The quantitative estimate of drug-likeness (QED) is 0.717. The van der Waals surface area contributed by atoms with Crippen LogP contribution in [0.15, 0.2) is 0 Å². The minimum atomic E-state index is -0.728. The van der Waals surface area contributed by atoms with Gasteiger partial charge in [-0.3, -0.25) is 4.79 Å². The van der Waals surface area contributed by atoms with Crippen LogP contribution in [-0.4, -0.2) is 35.5 Å². The molecule has 2 fully saturated rings. The van der Waals surface area contributed by atoms with Crippen LogP contribution in [-0.2, 0) is 14.3 Å². The molecule has 2 heterocycles. The Bertz CT molecular complexity index is 253. The molecule has 0 aromatic carbocycles. The summed E-state index contributed by atoms with van der Waals surface area (Å²) >= 11 is 0. The van der Waals surface area contributed by atoms with Gasteiger partial charge in [0.1, 0.15) is 0 Å². The van der Waals surface area contributed by atoms with Crippen molar-refractivity contribution in [1.82, 2.24) is 0 Å². The van der Waals surface area contributed by atoms with Gasteiger partial charge in [-0.05, 0) is 20.3 Å². The molecular weight excluding hydrogens is 196 g/mol. The number of rotatable bonds is 1. The number of aliphatic carboxylic acids is 1. The van der Waals surface area contributed by atoms with Gasteiger partial charge in [0.15, 0.2) is 0 Å². The van der Waals surface area contributed by atoms with Crippen molar-refractivity contribution in [2.75, 3.05) is 6.61 Å². The van der Waals surface area contributed by atoms with E-state index in [1.54, 1.807) is 0 Å². The van der Waals surface area contributed by atoms with E-state index in [9.17, 15) is 9.90 Å². The smallest absolute Gasteiger partial charge is 0.309 e. The van der Waals surface area contributed by atoms with Crippen molar-refractivity contribution in [3.63, 3.8) is 0 Å². The number of carboxylic acid groups (broad SMARTS) is 1. The Balaban J connectivity index is 2.19. The standard InChI is InChI=1S/C11H18O4/c1-7-5-11(6-8(2)15-7)9(10(12)13)3-4-14-11/h7-9H,3-6H2,1-2H3,(H,12,13)/t7-,8+,9?,11?. The summed E-state index contributed by atoms with van der Waals surface area (Å²) in [6, 6.07) is 0. The number of hydrogen-bond donors (Lipinski definition) is 1. The average molecular weight is 214 g/mol. The zero-order valence-electron chi connectivity index (χ0n) is 9.23. The summed E-state index contributed by atoms with van der Waals surface area (Å²) in [6.07, 6.45) is 2.22. The first-order valence-corrected chi connectivity index (χ1v) is 5.56. The molecule has 4 heteroatoms. The highest BCUT2D eigenvalue weighted by molar-refractivity contribution is 5.72. The SMILES string of the molecule is C[C@@H]1CC2(C[C@H](C)O1)OCCC2C(=O)O. The molecule has 0 bridgehead atoms. The zero-order valence-corrected chi connectivity index (χ0v) is 9.23. The molecule has 0 aromatic rings. The highest BCUT2D eigenvalue weighted by Crippen LogP contribution is 2.43. The van der Waals surface area contributed by atoms with Crippen LogP contribution < -0.4 is 0 Å². The third-order valence-corrected chi connectivity index (χ3v) is 3.46. The lowest BCUT2D eigenvalue weighted by Crippen LogP contribution is -2.49. The highest BCUT2D eigenvalue weighted by Gasteiger charge is 2.52. The molecule has 1 spiro atoms. The van der Waals surface area contributed by atoms with Crippen molar-refractivity contribution in [1.29, 1.82) is 0 Å². The van der Waals surface area contributed by atoms with E-state index in [0.717, 1.165) is 0 Å². The number of ether oxygens (including phenoxy) is 2. The molecule has 0 saturated carbocycles. The monoisotopic (exact) mass is 214 g/mol. The third kappa shape index (κ3) is 1.88. The molecule has 0 aliphatic carbocycles. The predicted molar refractivity (Wildman–Crippen MR) is 53.7 cm³/mol. The van der Waals surface area contributed by atoms with Crippen LogP contribution in [0.3, 0.4) is 0 Å². The zero-order chi connectivity index (χ0) is 11.1. The van der Waals surface area contributed by atoms with Crippen molar-refractivity contribution in [3.8, 4) is 0 Å². The van der Waals surface area contributed by atoms with Crippen molar-refractivity contribution in [3.05, 3.63) is 0 Å². The van der Waals surface area contributed by atoms with E-state index in [1.807, 2.05) is 13.8 Å². The van der Waals surface area contributed by atoms with Gasteiger partial charge in [0.2, 0.25) is 0 Å². The van der Waals surface area contributed by atoms with Crippen LogP contribution >= 0.6 is 0 Å². The van der Waals surface area contributed by atoms with Crippen molar-refractivity contribution >= 4 is 5.97 Å². The van der Waals surface area contributed by atoms with Crippen LogP contribution in [0.25, 0.3) is 0 Å². The Morgan fingerprint density at radius 3 is 2.47 bits per heavy atom. The van der Waals surface area contributed by atoms with E-state index < -0.39 is 11.6 Å². The average Bonchev–Trinajstić information content (AvgIpc) is 2.45. The summed E-state index contributed by atoms with van der Waals surface area (Å²) in [5.74, 6) is -1.08. The lowest BCUT2D eigenvalue weighted by atomic mass is 9.77. The summed E-state index contributed by atoms with van der Waals surface area (Å²) in [5, 5.41) is 9.18. The lowest BCUT2D eigenvalue weighted by Gasteiger charge is -2.41. The molecule has 15 heavy (non-hydrogen) atoms. The van der Waals surface area contributed by atoms with Crippen LogP contribution in [0.1, 0.15) is 33.1 Å². The second-order valence-corrected chi connectivity index (χ2v) is 4.76. The highest BCUT2D eigenvalue weighted by atomic mass is 16.5. The summed E-state index contributed by atoms with van der Waals surface area (Å²) in [7, 11) is 0. The molecule has 86 valence electrons. The molecule has 0 radical (unpaired) electrons. The number of carbonyl (C=O) groups is 1. The van der Waals surface area contributed by atoms with Gasteiger partial charge in [-0.25, -0.2) is 0 Å². The van der Waals surface area contributed by atoms with Gasteiger partial charge in [-0.1, -0.05) is 0 Å². The Morgan fingerprint density at radius 2 is 1.93 bits per heavy atom. The summed E-state index contributed by atoms with van der Waals surface area (Å²) < 4.78 is 11.4. The maximum absolute atomic E-state index is 11.2. The molecule has 2 unspecified atom stereocenters. The van der Waals surface area contributed by atoms with Crippen molar-refractivity contribution < 1.29 is 19.4 Å². The fourth-order valence-electron chi connectivity index (χ4n) is 3.04. The van der Waals surface area contributed by atoms with E-state index >= 15 is 0 Å². The second-order valence-electron chi connectivity index (χ2n) is 4.76. The fraction of sp³-hybridized carbons (Fsp3) is 0.909. The molecule has 2 rings (SSSR count). The maximum Gasteiger partial charge on any atom is 0.309 e. The van der Waals surface area contributed by atoms with Crippen LogP contribution in [0.4, 0.5) is 0 Å². The first-order chi connectivity index (χ1) is 7.03.